The first-order chi connectivity index (χ1) is 15.3. The Morgan fingerprint density at radius 1 is 1.21 bits per heavy atom. The van der Waals surface area contributed by atoms with Crippen LogP contribution in [0.4, 0.5) is 23.4 Å². The van der Waals surface area contributed by atoms with Crippen molar-refractivity contribution in [2.24, 2.45) is 5.92 Å². The van der Waals surface area contributed by atoms with Gasteiger partial charge >= 0.3 is 6.18 Å². The molecule has 3 heterocycles. The maximum absolute atomic E-state index is 13.7. The van der Waals surface area contributed by atoms with Crippen molar-refractivity contribution in [2.45, 2.75) is 38.6 Å². The molecule has 3 aromatic rings. The highest BCUT2D eigenvalue weighted by atomic mass is 35.5. The number of nitrogens with zero attached hydrogens (tertiary/aromatic N) is 4. The molecule has 0 saturated carbocycles. The van der Waals surface area contributed by atoms with Crippen LogP contribution in [-0.4, -0.2) is 31.1 Å². The van der Waals surface area contributed by atoms with Crippen LogP contribution in [0.1, 0.15) is 37.0 Å². The topological polar surface area (TPSA) is 71.2 Å². The summed E-state index contributed by atoms with van der Waals surface area (Å²) in [4.78, 5) is 22.7. The van der Waals surface area contributed by atoms with Crippen molar-refractivity contribution in [1.82, 2.24) is 14.5 Å². The lowest BCUT2D eigenvalue weighted by molar-refractivity contribution is -0.137. The van der Waals surface area contributed by atoms with E-state index in [4.69, 9.17) is 11.6 Å². The summed E-state index contributed by atoms with van der Waals surface area (Å²) in [6.07, 6.45) is -1.73. The summed E-state index contributed by atoms with van der Waals surface area (Å²) in [5, 5.41) is 11.2. The molecule has 2 aromatic heterocycles. The van der Waals surface area contributed by atoms with Gasteiger partial charge in [0, 0.05) is 23.8 Å². The number of aryl methyl sites for hydroxylation is 1. The van der Waals surface area contributed by atoms with Gasteiger partial charge in [-0.3, -0.25) is 9.69 Å². The molecule has 0 bridgehead atoms. The number of carbonyl (C=O) groups excluding carboxylic acids is 1. The fourth-order valence-corrected chi connectivity index (χ4v) is 4.19. The molecule has 3 atom stereocenters. The number of alkyl halides is 3. The van der Waals surface area contributed by atoms with Crippen molar-refractivity contribution in [1.29, 1.82) is 0 Å². The zero-order chi connectivity index (χ0) is 24.3. The number of aromatic nitrogens is 3. The van der Waals surface area contributed by atoms with Crippen LogP contribution in [0.5, 0.6) is 0 Å². The van der Waals surface area contributed by atoms with Crippen LogP contribution in [0.15, 0.2) is 42.7 Å². The average Bonchev–Trinajstić information content (AvgIpc) is 3.26. The van der Waals surface area contributed by atoms with Gasteiger partial charge in [0.25, 0.3) is 0 Å². The number of aliphatic hydroxyl groups is 1. The summed E-state index contributed by atoms with van der Waals surface area (Å²) in [5.41, 5.74) is -2.23. The zero-order valence-corrected chi connectivity index (χ0v) is 18.5. The summed E-state index contributed by atoms with van der Waals surface area (Å²) in [5.74, 6) is -2.32. The fourth-order valence-electron chi connectivity index (χ4n) is 4.01. The van der Waals surface area contributed by atoms with Gasteiger partial charge in [0.15, 0.2) is 0 Å². The number of imidazole rings is 1. The Kier molecular flexibility index (Phi) is 5.49. The third-order valence-electron chi connectivity index (χ3n) is 5.91. The molecule has 174 valence electrons. The zero-order valence-electron chi connectivity index (χ0n) is 17.7. The fraction of sp³-hybridized carbons (Fsp3) is 0.318. The largest absolute Gasteiger partial charge is 0.416 e. The summed E-state index contributed by atoms with van der Waals surface area (Å²) in [6.45, 7) is 4.28. The van der Waals surface area contributed by atoms with E-state index in [1.165, 1.54) is 49.9 Å². The number of hydrogen-bond donors (Lipinski definition) is 1. The van der Waals surface area contributed by atoms with E-state index >= 15 is 0 Å². The van der Waals surface area contributed by atoms with Crippen LogP contribution in [0.3, 0.4) is 0 Å². The lowest BCUT2D eigenvalue weighted by atomic mass is 9.87. The van der Waals surface area contributed by atoms with Gasteiger partial charge in [0.05, 0.1) is 16.5 Å². The normalized spacial score (nSPS) is 23.4. The summed E-state index contributed by atoms with van der Waals surface area (Å²) < 4.78 is 55.5. The molecular formula is C22H19ClF4N4O2. The summed E-state index contributed by atoms with van der Waals surface area (Å²) in [7, 11) is 0. The van der Waals surface area contributed by atoms with E-state index in [9.17, 15) is 27.5 Å². The second-order valence-electron chi connectivity index (χ2n) is 8.17. The second-order valence-corrected chi connectivity index (χ2v) is 8.57. The number of hydrogen-bond acceptors (Lipinski definition) is 4. The number of anilines is 1. The van der Waals surface area contributed by atoms with E-state index in [1.807, 2.05) is 0 Å². The van der Waals surface area contributed by atoms with Gasteiger partial charge in [-0.2, -0.15) is 13.2 Å². The SMILES string of the molecule is Cc1cc(C(F)(F)F)cc(N2C(=O)[C@@H](C)[C@@](C)(O)[C@H]2c2nccn2-c2ccc(F)c(Cl)c2)n1. The predicted octanol–water partition coefficient (Wildman–Crippen LogP) is 4.86. The molecule has 11 heteroatoms. The Morgan fingerprint density at radius 3 is 2.55 bits per heavy atom. The van der Waals surface area contributed by atoms with Crippen molar-refractivity contribution in [3.8, 4) is 5.69 Å². The van der Waals surface area contributed by atoms with Crippen molar-refractivity contribution < 1.29 is 27.5 Å². The van der Waals surface area contributed by atoms with Gasteiger partial charge in [-0.25, -0.2) is 14.4 Å². The maximum Gasteiger partial charge on any atom is 0.416 e. The molecule has 6 nitrogen and oxygen atoms in total. The molecule has 1 aromatic carbocycles. The van der Waals surface area contributed by atoms with E-state index in [0.717, 1.165) is 23.1 Å². The first-order valence-corrected chi connectivity index (χ1v) is 10.3. The molecule has 0 aliphatic carbocycles. The highest BCUT2D eigenvalue weighted by Crippen LogP contribution is 2.47. The van der Waals surface area contributed by atoms with Crippen LogP contribution in [0.2, 0.25) is 5.02 Å². The molecule has 0 spiro atoms. The molecule has 1 amide bonds. The standard InChI is InChI=1S/C22H19ClF4N4O2/c1-11-8-13(22(25,26)27)9-17(29-11)31-18(21(3,33)12(2)20(31)32)19-28-6-7-30(19)14-4-5-16(24)15(23)10-14/h4-10,12,18,33H,1-3H3/t12-,18-,21-/m1/s1. The van der Waals surface area contributed by atoms with E-state index in [1.54, 1.807) is 0 Å². The Hall–Kier alpha value is -2.98. The van der Waals surface area contributed by atoms with Crippen LogP contribution < -0.4 is 4.90 Å². The number of carbonyl (C=O) groups is 1. The monoisotopic (exact) mass is 482 g/mol. The lowest BCUT2D eigenvalue weighted by Gasteiger charge is -2.32. The number of pyridine rings is 1. The highest BCUT2D eigenvalue weighted by Gasteiger charge is 2.57. The van der Waals surface area contributed by atoms with Gasteiger partial charge in [-0.1, -0.05) is 18.5 Å². The van der Waals surface area contributed by atoms with Gasteiger partial charge < -0.3 is 9.67 Å². The smallest absolute Gasteiger partial charge is 0.387 e. The molecule has 1 aliphatic heterocycles. The Bertz CT molecular complexity index is 1240. The van der Waals surface area contributed by atoms with Gasteiger partial charge in [-0.15, -0.1) is 0 Å². The molecule has 1 aliphatic rings. The summed E-state index contributed by atoms with van der Waals surface area (Å²) >= 11 is 5.91. The Morgan fingerprint density at radius 2 is 1.91 bits per heavy atom. The van der Waals surface area contributed by atoms with Crippen LogP contribution in [0, 0.1) is 18.7 Å². The van der Waals surface area contributed by atoms with E-state index in [2.05, 4.69) is 9.97 Å². The molecule has 1 N–H and O–H groups in total. The highest BCUT2D eigenvalue weighted by molar-refractivity contribution is 6.30. The second kappa shape index (κ2) is 7.81. The molecule has 1 fully saturated rings. The third kappa shape index (κ3) is 3.87. The molecule has 33 heavy (non-hydrogen) atoms. The number of benzene rings is 1. The number of amides is 1. The van der Waals surface area contributed by atoms with E-state index < -0.39 is 41.0 Å². The van der Waals surface area contributed by atoms with Crippen molar-refractivity contribution in [2.75, 3.05) is 4.90 Å². The van der Waals surface area contributed by atoms with Crippen LogP contribution >= 0.6 is 11.6 Å². The number of halogens is 5. The first-order valence-electron chi connectivity index (χ1n) is 9.92. The van der Waals surface area contributed by atoms with Crippen molar-refractivity contribution in [3.63, 3.8) is 0 Å². The quantitative estimate of drug-likeness (QED) is 0.541. The third-order valence-corrected chi connectivity index (χ3v) is 6.20. The van der Waals surface area contributed by atoms with Gasteiger partial charge in [0.1, 0.15) is 29.1 Å². The van der Waals surface area contributed by atoms with Crippen molar-refractivity contribution >= 4 is 23.3 Å². The van der Waals surface area contributed by atoms with Crippen LogP contribution in [-0.2, 0) is 11.0 Å². The number of rotatable bonds is 3. The first kappa shape index (κ1) is 23.2. The molecule has 4 rings (SSSR count). The summed E-state index contributed by atoms with van der Waals surface area (Å²) in [6, 6.07) is 4.38. The van der Waals surface area contributed by atoms with Gasteiger partial charge in [-0.05, 0) is 44.2 Å². The van der Waals surface area contributed by atoms with Crippen molar-refractivity contribution in [3.05, 3.63) is 70.6 Å². The van der Waals surface area contributed by atoms with E-state index in [-0.39, 0.29) is 22.4 Å². The molecule has 0 unspecified atom stereocenters. The molecule has 1 saturated heterocycles. The molecular weight excluding hydrogens is 464 g/mol. The maximum atomic E-state index is 13.7. The predicted molar refractivity (Wildman–Crippen MR) is 113 cm³/mol. The molecule has 0 radical (unpaired) electrons. The average molecular weight is 483 g/mol. The minimum absolute atomic E-state index is 0.0548. The minimum Gasteiger partial charge on any atom is -0.387 e. The van der Waals surface area contributed by atoms with E-state index in [0.29, 0.717) is 5.69 Å². The Balaban J connectivity index is 1.91. The van der Waals surface area contributed by atoms with Gasteiger partial charge in [0.2, 0.25) is 5.91 Å². The minimum atomic E-state index is -4.65. The lowest BCUT2D eigenvalue weighted by Crippen LogP contribution is -2.39. The Labute approximate surface area is 191 Å². The van der Waals surface area contributed by atoms with Crippen LogP contribution in [0.25, 0.3) is 5.69 Å².